The van der Waals surface area contributed by atoms with E-state index in [9.17, 15) is 4.57 Å². The topological polar surface area (TPSA) is 26.3 Å². The van der Waals surface area contributed by atoms with Gasteiger partial charge in [-0.2, -0.15) is 0 Å². The van der Waals surface area contributed by atoms with E-state index in [2.05, 4.69) is 39.1 Å². The van der Waals surface area contributed by atoms with Gasteiger partial charge in [0.05, 0.1) is 0 Å². The predicted molar refractivity (Wildman–Crippen MR) is 118 cm³/mol. The van der Waals surface area contributed by atoms with Gasteiger partial charge in [-0.25, -0.2) is 0 Å². The molecule has 0 N–H and O–H groups in total. The Bertz CT molecular complexity index is 468. The standard InChI is InChI=1S/C8H12O2PS.3C4H9.Sn/c1-2-3-5-10-11(9)8-4-6-12-7-8;3*1-3-4-2;/h4,7,11H,2-3,5H2,1H3;3*1,3-4H2,2H3;. The van der Waals surface area contributed by atoms with Crippen molar-refractivity contribution in [2.75, 3.05) is 6.61 Å². The molecular formula is C20H39O2PSSn. The van der Waals surface area contributed by atoms with E-state index < -0.39 is 26.4 Å². The molecular weight excluding hydrogens is 454 g/mol. The molecule has 0 radical (unpaired) electrons. The average Bonchev–Trinajstić information content (AvgIpc) is 3.12. The number of unbranched alkanes of at least 4 members (excludes halogenated alkanes) is 4. The molecule has 1 rings (SSSR count). The van der Waals surface area contributed by atoms with Crippen molar-refractivity contribution in [2.24, 2.45) is 0 Å². The Morgan fingerprint density at radius 1 is 0.920 bits per heavy atom. The van der Waals surface area contributed by atoms with Crippen molar-refractivity contribution < 1.29 is 9.09 Å². The van der Waals surface area contributed by atoms with Crippen molar-refractivity contribution in [3.63, 3.8) is 0 Å². The Kier molecular flexibility index (Phi) is 13.1. The molecule has 146 valence electrons. The molecule has 0 spiro atoms. The SMILES string of the molecule is CCCCO[PH](=O)c1cs[c]([Sn]([CH2]CCC)([CH2]CCC)[CH2]CCC)c1. The molecule has 1 aromatic rings. The summed E-state index contributed by atoms with van der Waals surface area (Å²) in [6, 6.07) is 2.31. The van der Waals surface area contributed by atoms with E-state index in [0.29, 0.717) is 6.61 Å². The predicted octanol–water partition coefficient (Wildman–Crippen LogP) is 6.72. The van der Waals surface area contributed by atoms with Crippen molar-refractivity contribution in [3.05, 3.63) is 11.4 Å². The van der Waals surface area contributed by atoms with Gasteiger partial charge in [-0.3, -0.25) is 0 Å². The molecule has 2 nitrogen and oxygen atoms in total. The third-order valence-corrected chi connectivity index (χ3v) is 25.8. The maximum absolute atomic E-state index is 12.5. The van der Waals surface area contributed by atoms with Gasteiger partial charge < -0.3 is 0 Å². The summed E-state index contributed by atoms with van der Waals surface area (Å²) in [5.74, 6) is 0. The van der Waals surface area contributed by atoms with E-state index in [-0.39, 0.29) is 0 Å². The minimum absolute atomic E-state index is 0.634. The van der Waals surface area contributed by atoms with Crippen LogP contribution >= 0.6 is 19.4 Å². The van der Waals surface area contributed by atoms with Gasteiger partial charge in [0.1, 0.15) is 0 Å². The number of rotatable bonds is 15. The number of hydrogen-bond acceptors (Lipinski definition) is 3. The van der Waals surface area contributed by atoms with E-state index in [1.54, 1.807) is 2.89 Å². The first-order valence-corrected chi connectivity index (χ1v) is 20.1. The Labute approximate surface area is 164 Å². The van der Waals surface area contributed by atoms with E-state index in [0.717, 1.165) is 18.1 Å². The van der Waals surface area contributed by atoms with Crippen LogP contribution in [-0.4, -0.2) is 25.0 Å². The molecule has 1 aromatic heterocycles. The van der Waals surface area contributed by atoms with Crippen LogP contribution in [0.1, 0.15) is 79.1 Å². The molecule has 25 heavy (non-hydrogen) atoms. The fraction of sp³-hybridized carbons (Fsp3) is 0.800. The number of hydrogen-bond donors (Lipinski definition) is 0. The van der Waals surface area contributed by atoms with Crippen LogP contribution < -0.4 is 8.20 Å². The second-order valence-corrected chi connectivity index (χ2v) is 23.8. The van der Waals surface area contributed by atoms with Gasteiger partial charge in [-0.1, -0.05) is 0 Å². The van der Waals surface area contributed by atoms with Gasteiger partial charge in [0.15, 0.2) is 0 Å². The van der Waals surface area contributed by atoms with Crippen LogP contribution in [-0.2, 0) is 9.09 Å². The van der Waals surface area contributed by atoms with Crippen molar-refractivity contribution in [1.29, 1.82) is 0 Å². The van der Waals surface area contributed by atoms with Crippen molar-refractivity contribution in [3.8, 4) is 0 Å². The second kappa shape index (κ2) is 13.8. The maximum atomic E-state index is 12.5. The summed E-state index contributed by atoms with van der Waals surface area (Å²) in [5, 5.41) is 3.14. The zero-order chi connectivity index (χ0) is 18.5. The molecule has 0 aliphatic heterocycles. The van der Waals surface area contributed by atoms with Gasteiger partial charge in [-0.15, -0.1) is 0 Å². The first-order chi connectivity index (χ1) is 12.1. The first-order valence-electron chi connectivity index (χ1n) is 10.4. The summed E-state index contributed by atoms with van der Waals surface area (Å²) >= 11 is -0.437. The van der Waals surface area contributed by atoms with Crippen LogP contribution in [0.15, 0.2) is 11.4 Å². The first kappa shape index (κ1) is 23.7. The Balaban J connectivity index is 2.97. The fourth-order valence-corrected chi connectivity index (χ4v) is 25.1. The Morgan fingerprint density at radius 3 is 1.92 bits per heavy atom. The van der Waals surface area contributed by atoms with Crippen LogP contribution in [0.3, 0.4) is 0 Å². The summed E-state index contributed by atoms with van der Waals surface area (Å²) in [5.41, 5.74) is 0. The van der Waals surface area contributed by atoms with Crippen LogP contribution in [0.2, 0.25) is 13.3 Å². The van der Waals surface area contributed by atoms with Gasteiger partial charge in [0.25, 0.3) is 0 Å². The van der Waals surface area contributed by atoms with E-state index >= 15 is 0 Å². The van der Waals surface area contributed by atoms with Crippen LogP contribution in [0.4, 0.5) is 0 Å². The molecule has 0 aliphatic carbocycles. The van der Waals surface area contributed by atoms with Gasteiger partial charge in [-0.05, 0) is 0 Å². The summed E-state index contributed by atoms with van der Waals surface area (Å²) in [7, 11) is -2.04. The Hall–Kier alpha value is 0.689. The third-order valence-electron chi connectivity index (χ3n) is 5.12. The van der Waals surface area contributed by atoms with E-state index in [1.807, 2.05) is 11.3 Å². The summed E-state index contributed by atoms with van der Waals surface area (Å²) in [4.78, 5) is 0. The third kappa shape index (κ3) is 8.07. The molecule has 0 bridgehead atoms. The fourth-order valence-electron chi connectivity index (χ4n) is 3.40. The number of thiophene rings is 1. The zero-order valence-electron chi connectivity index (χ0n) is 16.9. The van der Waals surface area contributed by atoms with E-state index in [4.69, 9.17) is 4.52 Å². The molecule has 0 saturated carbocycles. The molecule has 1 atom stereocenters. The molecule has 0 amide bonds. The van der Waals surface area contributed by atoms with Crippen LogP contribution in [0.5, 0.6) is 0 Å². The molecule has 0 fully saturated rings. The van der Waals surface area contributed by atoms with Crippen LogP contribution in [0, 0.1) is 0 Å². The summed E-state index contributed by atoms with van der Waals surface area (Å²) < 4.78 is 24.2. The molecule has 1 unspecified atom stereocenters. The molecule has 5 heteroatoms. The van der Waals surface area contributed by atoms with Crippen molar-refractivity contribution in [1.82, 2.24) is 0 Å². The van der Waals surface area contributed by atoms with E-state index in [1.165, 1.54) is 51.8 Å². The van der Waals surface area contributed by atoms with Gasteiger partial charge in [0.2, 0.25) is 0 Å². The summed E-state index contributed by atoms with van der Waals surface area (Å²) in [6.07, 6.45) is 10.1. The second-order valence-electron chi connectivity index (χ2n) is 7.28. The van der Waals surface area contributed by atoms with Crippen molar-refractivity contribution >= 4 is 45.9 Å². The van der Waals surface area contributed by atoms with Gasteiger partial charge in [0, 0.05) is 0 Å². The Morgan fingerprint density at radius 2 is 1.44 bits per heavy atom. The normalized spacial score (nSPS) is 13.3. The van der Waals surface area contributed by atoms with Crippen LogP contribution in [0.25, 0.3) is 0 Å². The van der Waals surface area contributed by atoms with Gasteiger partial charge >= 0.3 is 165 Å². The minimum atomic E-state index is -2.35. The molecule has 1 heterocycles. The molecule has 0 saturated heterocycles. The molecule has 0 aromatic carbocycles. The monoisotopic (exact) mass is 494 g/mol. The zero-order valence-corrected chi connectivity index (χ0v) is 21.5. The summed E-state index contributed by atoms with van der Waals surface area (Å²) in [6.45, 7) is 9.72. The average molecular weight is 493 g/mol. The van der Waals surface area contributed by atoms with Crippen molar-refractivity contribution in [2.45, 2.75) is 92.4 Å². The quantitative estimate of drug-likeness (QED) is 0.154. The molecule has 0 aliphatic rings.